The van der Waals surface area contributed by atoms with Gasteiger partial charge in [0.2, 0.25) is 0 Å². The number of hydrogen-bond donors (Lipinski definition) is 1. The van der Waals surface area contributed by atoms with Gasteiger partial charge in [0.25, 0.3) is 0 Å². The van der Waals surface area contributed by atoms with E-state index < -0.39 is 11.6 Å². The van der Waals surface area contributed by atoms with Crippen LogP contribution in [-0.4, -0.2) is 64.8 Å². The second-order valence-electron chi connectivity index (χ2n) is 6.05. The predicted octanol–water partition coefficient (Wildman–Crippen LogP) is 1.55. The molecule has 0 spiro atoms. The first-order valence-electron chi connectivity index (χ1n) is 7.36. The van der Waals surface area contributed by atoms with Gasteiger partial charge >= 0.3 is 12.0 Å². The van der Waals surface area contributed by atoms with Gasteiger partial charge in [0, 0.05) is 12.6 Å². The van der Waals surface area contributed by atoms with E-state index in [9.17, 15) is 9.59 Å². The minimum absolute atomic E-state index is 0.0809. The topological polar surface area (TPSA) is 70.1 Å². The highest BCUT2D eigenvalue weighted by molar-refractivity contribution is 5.76. The fourth-order valence-electron chi connectivity index (χ4n) is 2.55. The van der Waals surface area contributed by atoms with Crippen LogP contribution in [0.3, 0.4) is 0 Å². The Balaban J connectivity index is 1.80. The molecule has 6 heteroatoms. The van der Waals surface area contributed by atoms with Gasteiger partial charge in [-0.15, -0.1) is 0 Å². The van der Waals surface area contributed by atoms with Crippen molar-refractivity contribution in [1.82, 2.24) is 9.80 Å². The summed E-state index contributed by atoms with van der Waals surface area (Å²) >= 11 is 0. The van der Waals surface area contributed by atoms with Crippen molar-refractivity contribution in [1.29, 1.82) is 0 Å². The van der Waals surface area contributed by atoms with Crippen LogP contribution in [0.2, 0.25) is 0 Å². The summed E-state index contributed by atoms with van der Waals surface area (Å²) in [5, 5.41) is 8.62. The highest BCUT2D eigenvalue weighted by atomic mass is 16.5. The standard InChI is InChI=1S/C14H24N2O4/c1-3-4-7-16(11-5-6-11)13(19)15-9-14(2,10-15)20-8-12(17)18/h11H,3-10H2,1-2H3,(H,17,18). The van der Waals surface area contributed by atoms with Gasteiger partial charge in [0.1, 0.15) is 12.2 Å². The van der Waals surface area contributed by atoms with Gasteiger partial charge in [-0.2, -0.15) is 0 Å². The van der Waals surface area contributed by atoms with Crippen LogP contribution in [0, 0.1) is 0 Å². The highest BCUT2D eigenvalue weighted by Crippen LogP contribution is 2.31. The summed E-state index contributed by atoms with van der Waals surface area (Å²) in [7, 11) is 0. The Bertz CT molecular complexity index is 375. The molecule has 1 saturated heterocycles. The zero-order valence-electron chi connectivity index (χ0n) is 12.3. The molecule has 2 aliphatic rings. The molecule has 0 atom stereocenters. The van der Waals surface area contributed by atoms with Crippen LogP contribution in [-0.2, 0) is 9.53 Å². The fourth-order valence-corrected chi connectivity index (χ4v) is 2.55. The van der Waals surface area contributed by atoms with Gasteiger partial charge in [-0.3, -0.25) is 0 Å². The number of urea groups is 1. The summed E-state index contributed by atoms with van der Waals surface area (Å²) in [4.78, 5) is 26.7. The maximum absolute atomic E-state index is 12.4. The predicted molar refractivity (Wildman–Crippen MR) is 73.6 cm³/mol. The van der Waals surface area contributed by atoms with E-state index in [1.807, 2.05) is 11.8 Å². The molecular weight excluding hydrogens is 260 g/mol. The molecule has 1 N–H and O–H groups in total. The average Bonchev–Trinajstić information content (AvgIpc) is 3.17. The summed E-state index contributed by atoms with van der Waals surface area (Å²) in [6.45, 7) is 5.45. The van der Waals surface area contributed by atoms with Gasteiger partial charge in [-0.1, -0.05) is 13.3 Å². The van der Waals surface area contributed by atoms with Gasteiger partial charge in [0.15, 0.2) is 0 Å². The molecule has 0 aromatic carbocycles. The van der Waals surface area contributed by atoms with E-state index in [1.54, 1.807) is 4.90 Å². The number of likely N-dealkylation sites (tertiary alicyclic amines) is 1. The Kier molecular flexibility index (Phi) is 4.52. The van der Waals surface area contributed by atoms with E-state index in [0.717, 1.165) is 32.2 Å². The number of rotatable bonds is 7. The minimum Gasteiger partial charge on any atom is -0.480 e. The van der Waals surface area contributed by atoms with Crippen molar-refractivity contribution in [2.75, 3.05) is 26.2 Å². The molecule has 2 rings (SSSR count). The third kappa shape index (κ3) is 3.62. The van der Waals surface area contributed by atoms with Crippen LogP contribution < -0.4 is 0 Å². The Hall–Kier alpha value is -1.30. The highest BCUT2D eigenvalue weighted by Gasteiger charge is 2.45. The molecule has 2 fully saturated rings. The summed E-state index contributed by atoms with van der Waals surface area (Å²) in [5.41, 5.74) is -0.506. The summed E-state index contributed by atoms with van der Waals surface area (Å²) in [6, 6.07) is 0.498. The van der Waals surface area contributed by atoms with E-state index in [0.29, 0.717) is 19.1 Å². The fraction of sp³-hybridized carbons (Fsp3) is 0.857. The molecule has 0 radical (unpaired) electrons. The van der Waals surface area contributed by atoms with Gasteiger partial charge in [-0.25, -0.2) is 9.59 Å². The molecule has 0 unspecified atom stereocenters. The van der Waals surface area contributed by atoms with Crippen molar-refractivity contribution in [3.63, 3.8) is 0 Å². The summed E-state index contributed by atoms with van der Waals surface area (Å²) in [6.07, 6.45) is 4.32. The van der Waals surface area contributed by atoms with Gasteiger partial charge in [-0.05, 0) is 26.2 Å². The molecule has 0 aromatic heterocycles. The minimum atomic E-state index is -0.974. The van der Waals surface area contributed by atoms with Crippen LogP contribution in [0.1, 0.15) is 39.5 Å². The van der Waals surface area contributed by atoms with E-state index in [2.05, 4.69) is 6.92 Å². The number of carboxylic acid groups (broad SMARTS) is 1. The number of amides is 2. The van der Waals surface area contributed by atoms with Crippen LogP contribution in [0.25, 0.3) is 0 Å². The van der Waals surface area contributed by atoms with Crippen molar-refractivity contribution >= 4 is 12.0 Å². The Labute approximate surface area is 119 Å². The molecule has 1 saturated carbocycles. The van der Waals surface area contributed by atoms with Crippen molar-refractivity contribution in [3.05, 3.63) is 0 Å². The van der Waals surface area contributed by atoms with Crippen LogP contribution in [0.4, 0.5) is 4.79 Å². The van der Waals surface area contributed by atoms with Crippen molar-refractivity contribution < 1.29 is 19.4 Å². The SMILES string of the molecule is CCCCN(C(=O)N1CC(C)(OCC(=O)O)C1)C1CC1. The molecule has 1 heterocycles. The number of hydrogen-bond acceptors (Lipinski definition) is 3. The number of nitrogens with zero attached hydrogens (tertiary/aromatic N) is 2. The first kappa shape index (κ1) is 15.1. The number of carbonyl (C=O) groups excluding carboxylic acids is 1. The summed E-state index contributed by atoms with van der Waals surface area (Å²) in [5.74, 6) is -0.974. The zero-order valence-corrected chi connectivity index (χ0v) is 12.3. The molecular formula is C14H24N2O4. The molecule has 114 valence electrons. The second-order valence-corrected chi connectivity index (χ2v) is 6.05. The normalized spacial score (nSPS) is 20.4. The molecule has 6 nitrogen and oxygen atoms in total. The monoisotopic (exact) mass is 284 g/mol. The van der Waals surface area contributed by atoms with E-state index >= 15 is 0 Å². The quantitative estimate of drug-likeness (QED) is 0.770. The van der Waals surface area contributed by atoms with Crippen molar-refractivity contribution in [2.24, 2.45) is 0 Å². The lowest BCUT2D eigenvalue weighted by atomic mass is 9.97. The Morgan fingerprint density at radius 3 is 2.55 bits per heavy atom. The average molecular weight is 284 g/mol. The Morgan fingerprint density at radius 2 is 2.05 bits per heavy atom. The van der Waals surface area contributed by atoms with Crippen LogP contribution in [0.15, 0.2) is 0 Å². The maximum Gasteiger partial charge on any atom is 0.329 e. The largest absolute Gasteiger partial charge is 0.480 e. The molecule has 1 aliphatic heterocycles. The third-order valence-corrected chi connectivity index (χ3v) is 3.85. The molecule has 0 bridgehead atoms. The summed E-state index contributed by atoms with van der Waals surface area (Å²) < 4.78 is 5.33. The van der Waals surface area contributed by atoms with E-state index in [-0.39, 0.29) is 12.6 Å². The van der Waals surface area contributed by atoms with Crippen LogP contribution >= 0.6 is 0 Å². The smallest absolute Gasteiger partial charge is 0.329 e. The molecule has 2 amide bonds. The molecule has 0 aromatic rings. The Morgan fingerprint density at radius 1 is 1.40 bits per heavy atom. The molecule has 20 heavy (non-hydrogen) atoms. The van der Waals surface area contributed by atoms with Crippen molar-refractivity contribution in [2.45, 2.75) is 51.2 Å². The lowest BCUT2D eigenvalue weighted by Crippen LogP contribution is -2.65. The maximum atomic E-state index is 12.4. The first-order valence-corrected chi connectivity index (χ1v) is 7.36. The van der Waals surface area contributed by atoms with Crippen LogP contribution in [0.5, 0.6) is 0 Å². The number of unbranched alkanes of at least 4 members (excludes halogenated alkanes) is 1. The number of carboxylic acids is 1. The lowest BCUT2D eigenvalue weighted by molar-refractivity contribution is -0.160. The van der Waals surface area contributed by atoms with Crippen molar-refractivity contribution in [3.8, 4) is 0 Å². The lowest BCUT2D eigenvalue weighted by Gasteiger charge is -2.48. The van der Waals surface area contributed by atoms with Gasteiger partial charge < -0.3 is 19.6 Å². The molecule has 1 aliphatic carbocycles. The zero-order chi connectivity index (χ0) is 14.8. The third-order valence-electron chi connectivity index (χ3n) is 3.85. The van der Waals surface area contributed by atoms with E-state index in [4.69, 9.17) is 9.84 Å². The van der Waals surface area contributed by atoms with E-state index in [1.165, 1.54) is 0 Å². The number of carbonyl (C=O) groups is 2. The number of aliphatic carboxylic acids is 1. The first-order chi connectivity index (χ1) is 9.45. The number of ether oxygens (including phenoxy) is 1. The van der Waals surface area contributed by atoms with Gasteiger partial charge in [0.05, 0.1) is 13.1 Å². The second kappa shape index (κ2) is 5.99.